The third-order valence-electron chi connectivity index (χ3n) is 2.93. The molecule has 19 heavy (non-hydrogen) atoms. The molecule has 0 unspecified atom stereocenters. The molecule has 0 aliphatic heterocycles. The first-order valence-electron chi connectivity index (χ1n) is 6.45. The summed E-state index contributed by atoms with van der Waals surface area (Å²) in [5.74, 6) is 0.825. The van der Waals surface area contributed by atoms with Gasteiger partial charge in [-0.3, -0.25) is 4.79 Å². The van der Waals surface area contributed by atoms with Crippen LogP contribution in [0.15, 0.2) is 18.2 Å². The second kappa shape index (κ2) is 5.84. The van der Waals surface area contributed by atoms with E-state index in [0.717, 1.165) is 29.8 Å². The third kappa shape index (κ3) is 3.54. The number of amides is 1. The summed E-state index contributed by atoms with van der Waals surface area (Å²) in [4.78, 5) is 21.5. The number of benzene rings is 1. The third-order valence-corrected chi connectivity index (χ3v) is 2.93. The van der Waals surface area contributed by atoms with E-state index in [1.807, 2.05) is 39.2 Å². The van der Waals surface area contributed by atoms with Crippen LogP contribution < -0.4 is 5.32 Å². The molecule has 1 heterocycles. The van der Waals surface area contributed by atoms with Crippen LogP contribution in [0.2, 0.25) is 0 Å². The average Bonchev–Trinajstić information content (AvgIpc) is 2.73. The van der Waals surface area contributed by atoms with Gasteiger partial charge in [0.25, 0.3) is 5.91 Å². The van der Waals surface area contributed by atoms with Gasteiger partial charge in [0.05, 0.1) is 11.0 Å². The highest BCUT2D eigenvalue weighted by molar-refractivity contribution is 5.97. The quantitative estimate of drug-likeness (QED) is 0.802. The summed E-state index contributed by atoms with van der Waals surface area (Å²) >= 11 is 0. The lowest BCUT2D eigenvalue weighted by molar-refractivity contribution is 0.0952. The first kappa shape index (κ1) is 13.5. The lowest BCUT2D eigenvalue weighted by atomic mass is 10.2. The number of nitrogens with one attached hydrogen (secondary N) is 2. The lowest BCUT2D eigenvalue weighted by Crippen LogP contribution is -2.27. The van der Waals surface area contributed by atoms with Gasteiger partial charge in [-0.05, 0) is 52.2 Å². The van der Waals surface area contributed by atoms with Crippen LogP contribution in [-0.4, -0.2) is 48.0 Å². The summed E-state index contributed by atoms with van der Waals surface area (Å²) in [7, 11) is 4.05. The standard InChI is InChI=1S/C14H20N4O/c1-10-16-12-6-5-11(9-13(12)17-10)14(19)15-7-4-8-18(2)3/h5-6,9H,4,7-8H2,1-3H3,(H,15,19)(H,16,17). The SMILES string of the molecule is Cc1nc2ccc(C(=O)NCCCN(C)C)cc2[nH]1. The number of aromatic nitrogens is 2. The first-order valence-corrected chi connectivity index (χ1v) is 6.45. The lowest BCUT2D eigenvalue weighted by Gasteiger charge is -2.09. The number of aromatic amines is 1. The van der Waals surface area contributed by atoms with Crippen molar-refractivity contribution in [2.45, 2.75) is 13.3 Å². The Balaban J connectivity index is 1.97. The van der Waals surface area contributed by atoms with Crippen molar-refractivity contribution in [1.29, 1.82) is 0 Å². The Hall–Kier alpha value is -1.88. The molecule has 1 aromatic heterocycles. The summed E-state index contributed by atoms with van der Waals surface area (Å²) < 4.78 is 0. The van der Waals surface area contributed by atoms with Gasteiger partial charge in [-0.25, -0.2) is 4.98 Å². The molecular weight excluding hydrogens is 240 g/mol. The molecule has 0 bridgehead atoms. The van der Waals surface area contributed by atoms with Gasteiger partial charge in [0.1, 0.15) is 5.82 Å². The molecule has 0 fully saturated rings. The van der Waals surface area contributed by atoms with Gasteiger partial charge in [0, 0.05) is 12.1 Å². The van der Waals surface area contributed by atoms with E-state index in [4.69, 9.17) is 0 Å². The Morgan fingerprint density at radius 3 is 2.95 bits per heavy atom. The summed E-state index contributed by atoms with van der Waals surface area (Å²) in [6, 6.07) is 5.52. The monoisotopic (exact) mass is 260 g/mol. The van der Waals surface area contributed by atoms with Crippen molar-refractivity contribution < 1.29 is 4.79 Å². The number of nitrogens with zero attached hydrogens (tertiary/aromatic N) is 2. The molecule has 0 radical (unpaired) electrons. The highest BCUT2D eigenvalue weighted by Gasteiger charge is 2.07. The number of carbonyl (C=O) groups excluding carboxylic acids is 1. The molecule has 1 aromatic carbocycles. The maximum atomic E-state index is 12.0. The fourth-order valence-corrected chi connectivity index (χ4v) is 1.98. The van der Waals surface area contributed by atoms with Crippen molar-refractivity contribution in [1.82, 2.24) is 20.2 Å². The number of carbonyl (C=O) groups is 1. The number of hydrogen-bond donors (Lipinski definition) is 2. The number of H-pyrrole nitrogens is 1. The van der Waals surface area contributed by atoms with E-state index in [9.17, 15) is 4.79 Å². The predicted molar refractivity (Wildman–Crippen MR) is 76.3 cm³/mol. The van der Waals surface area contributed by atoms with Gasteiger partial charge in [-0.2, -0.15) is 0 Å². The molecule has 0 aliphatic rings. The van der Waals surface area contributed by atoms with Crippen molar-refractivity contribution in [2.75, 3.05) is 27.2 Å². The van der Waals surface area contributed by atoms with Gasteiger partial charge < -0.3 is 15.2 Å². The smallest absolute Gasteiger partial charge is 0.251 e. The van der Waals surface area contributed by atoms with Crippen LogP contribution in [0.5, 0.6) is 0 Å². The molecule has 0 spiro atoms. The summed E-state index contributed by atoms with van der Waals surface area (Å²) in [5, 5.41) is 2.93. The summed E-state index contributed by atoms with van der Waals surface area (Å²) in [5.41, 5.74) is 2.46. The minimum Gasteiger partial charge on any atom is -0.352 e. The van der Waals surface area contributed by atoms with E-state index in [0.29, 0.717) is 12.1 Å². The Kier molecular flexibility index (Phi) is 4.16. The number of hydrogen-bond acceptors (Lipinski definition) is 3. The van der Waals surface area contributed by atoms with Crippen molar-refractivity contribution in [2.24, 2.45) is 0 Å². The maximum absolute atomic E-state index is 12.0. The van der Waals surface area contributed by atoms with E-state index in [2.05, 4.69) is 20.2 Å². The fourth-order valence-electron chi connectivity index (χ4n) is 1.98. The molecule has 1 amide bonds. The normalized spacial score (nSPS) is 11.2. The summed E-state index contributed by atoms with van der Waals surface area (Å²) in [6.45, 7) is 3.57. The number of rotatable bonds is 5. The molecule has 0 atom stereocenters. The van der Waals surface area contributed by atoms with E-state index in [1.54, 1.807) is 0 Å². The summed E-state index contributed by atoms with van der Waals surface area (Å²) in [6.07, 6.45) is 0.949. The van der Waals surface area contributed by atoms with Gasteiger partial charge in [0.2, 0.25) is 0 Å². The maximum Gasteiger partial charge on any atom is 0.251 e. The van der Waals surface area contributed by atoms with Gasteiger partial charge >= 0.3 is 0 Å². The van der Waals surface area contributed by atoms with E-state index >= 15 is 0 Å². The van der Waals surface area contributed by atoms with Crippen LogP contribution in [0, 0.1) is 6.92 Å². The average molecular weight is 260 g/mol. The molecular formula is C14H20N4O. The number of aryl methyl sites for hydroxylation is 1. The van der Waals surface area contributed by atoms with E-state index in [1.165, 1.54) is 0 Å². The molecule has 0 saturated carbocycles. The van der Waals surface area contributed by atoms with Crippen LogP contribution in [0.25, 0.3) is 11.0 Å². The second-order valence-corrected chi connectivity index (χ2v) is 4.97. The highest BCUT2D eigenvalue weighted by atomic mass is 16.1. The van der Waals surface area contributed by atoms with Crippen LogP contribution in [-0.2, 0) is 0 Å². The zero-order chi connectivity index (χ0) is 13.8. The van der Waals surface area contributed by atoms with Crippen molar-refractivity contribution >= 4 is 16.9 Å². The topological polar surface area (TPSA) is 61.0 Å². The number of imidazole rings is 1. The highest BCUT2D eigenvalue weighted by Crippen LogP contribution is 2.13. The van der Waals surface area contributed by atoms with Crippen LogP contribution in [0.3, 0.4) is 0 Å². The zero-order valence-electron chi connectivity index (χ0n) is 11.7. The molecule has 102 valence electrons. The van der Waals surface area contributed by atoms with Gasteiger partial charge in [-0.1, -0.05) is 0 Å². The molecule has 2 rings (SSSR count). The van der Waals surface area contributed by atoms with Crippen molar-refractivity contribution in [3.05, 3.63) is 29.6 Å². The molecule has 5 nitrogen and oxygen atoms in total. The molecule has 2 aromatic rings. The Labute approximate surface area is 113 Å². The van der Waals surface area contributed by atoms with E-state index in [-0.39, 0.29) is 5.91 Å². The van der Waals surface area contributed by atoms with Crippen LogP contribution in [0.4, 0.5) is 0 Å². The predicted octanol–water partition coefficient (Wildman–Crippen LogP) is 1.55. The largest absolute Gasteiger partial charge is 0.352 e. The second-order valence-electron chi connectivity index (χ2n) is 4.97. The van der Waals surface area contributed by atoms with E-state index < -0.39 is 0 Å². The molecule has 0 saturated heterocycles. The number of fused-ring (bicyclic) bond motifs is 1. The Bertz CT molecular complexity index is 574. The van der Waals surface area contributed by atoms with Gasteiger partial charge in [-0.15, -0.1) is 0 Å². The first-order chi connectivity index (χ1) is 9.06. The van der Waals surface area contributed by atoms with Crippen LogP contribution in [0.1, 0.15) is 22.6 Å². The van der Waals surface area contributed by atoms with Gasteiger partial charge in [0.15, 0.2) is 0 Å². The van der Waals surface area contributed by atoms with Crippen molar-refractivity contribution in [3.8, 4) is 0 Å². The van der Waals surface area contributed by atoms with Crippen LogP contribution >= 0.6 is 0 Å². The zero-order valence-corrected chi connectivity index (χ0v) is 11.7. The molecule has 5 heteroatoms. The van der Waals surface area contributed by atoms with Crippen molar-refractivity contribution in [3.63, 3.8) is 0 Å². The fraction of sp³-hybridized carbons (Fsp3) is 0.429. The molecule has 2 N–H and O–H groups in total. The molecule has 0 aliphatic carbocycles. The Morgan fingerprint density at radius 1 is 1.42 bits per heavy atom. The minimum atomic E-state index is -0.0343. The minimum absolute atomic E-state index is 0.0343. The Morgan fingerprint density at radius 2 is 2.21 bits per heavy atom.